The molecule has 0 saturated heterocycles. The molecular weight excluding hydrogens is 234 g/mol. The molecule has 19 heavy (non-hydrogen) atoms. The van der Waals surface area contributed by atoms with Crippen LogP contribution in [0.2, 0.25) is 0 Å². The van der Waals surface area contributed by atoms with E-state index in [-0.39, 0.29) is 11.0 Å². The smallest absolute Gasteiger partial charge is 0.120 e. The number of benzene rings is 1. The van der Waals surface area contributed by atoms with Crippen LogP contribution < -0.4 is 10.1 Å². The van der Waals surface area contributed by atoms with Crippen LogP contribution in [0.3, 0.4) is 0 Å². The molecule has 1 atom stereocenters. The van der Waals surface area contributed by atoms with E-state index < -0.39 is 0 Å². The summed E-state index contributed by atoms with van der Waals surface area (Å²) in [6.45, 7) is 15.0. The van der Waals surface area contributed by atoms with Crippen molar-refractivity contribution in [2.45, 2.75) is 59.0 Å². The van der Waals surface area contributed by atoms with Crippen LogP contribution in [0.25, 0.3) is 0 Å². The third kappa shape index (κ3) is 4.87. The van der Waals surface area contributed by atoms with Crippen molar-refractivity contribution in [3.8, 4) is 5.75 Å². The topological polar surface area (TPSA) is 21.3 Å². The van der Waals surface area contributed by atoms with Gasteiger partial charge in [-0.25, -0.2) is 0 Å². The summed E-state index contributed by atoms with van der Waals surface area (Å²) in [5.74, 6) is 0.967. The molecule has 2 heteroatoms. The number of ether oxygens (including phenoxy) is 1. The Balaban J connectivity index is 2.86. The molecule has 0 aliphatic carbocycles. The van der Waals surface area contributed by atoms with Crippen LogP contribution in [-0.4, -0.2) is 18.7 Å². The molecule has 0 aromatic heterocycles. The first-order valence-corrected chi connectivity index (χ1v) is 7.31. The van der Waals surface area contributed by atoms with E-state index in [2.05, 4.69) is 71.1 Å². The van der Waals surface area contributed by atoms with Crippen molar-refractivity contribution in [3.05, 3.63) is 29.8 Å². The zero-order valence-corrected chi connectivity index (χ0v) is 13.3. The predicted octanol–water partition coefficient (Wildman–Crippen LogP) is 4.14. The third-order valence-electron chi connectivity index (χ3n) is 3.56. The largest absolute Gasteiger partial charge is 0.486 e. The number of nitrogens with one attached hydrogen (secondary N) is 1. The normalized spacial score (nSPS) is 15.1. The van der Waals surface area contributed by atoms with Gasteiger partial charge < -0.3 is 10.1 Å². The van der Waals surface area contributed by atoms with E-state index >= 15 is 0 Å². The van der Waals surface area contributed by atoms with Crippen LogP contribution in [0.1, 0.15) is 53.5 Å². The quantitative estimate of drug-likeness (QED) is 0.833. The summed E-state index contributed by atoms with van der Waals surface area (Å²) in [6, 6.07) is 8.47. The maximum atomic E-state index is 6.23. The highest BCUT2D eigenvalue weighted by Gasteiger charge is 2.24. The summed E-state index contributed by atoms with van der Waals surface area (Å²) in [4.78, 5) is 0. The number of hydrogen-bond acceptors (Lipinski definition) is 2. The monoisotopic (exact) mass is 263 g/mol. The summed E-state index contributed by atoms with van der Waals surface area (Å²) in [5, 5.41) is 3.38. The van der Waals surface area contributed by atoms with E-state index in [1.807, 2.05) is 0 Å². The molecule has 1 unspecified atom stereocenters. The van der Waals surface area contributed by atoms with Gasteiger partial charge in [-0.05, 0) is 43.0 Å². The fourth-order valence-electron chi connectivity index (χ4n) is 1.93. The van der Waals surface area contributed by atoms with Gasteiger partial charge in [0, 0.05) is 6.54 Å². The van der Waals surface area contributed by atoms with Crippen molar-refractivity contribution in [2.75, 3.05) is 13.1 Å². The molecule has 1 N–H and O–H groups in total. The molecule has 1 rings (SSSR count). The molecule has 0 aliphatic rings. The minimum Gasteiger partial charge on any atom is -0.486 e. The molecule has 0 fully saturated rings. The molecule has 108 valence electrons. The van der Waals surface area contributed by atoms with Crippen LogP contribution >= 0.6 is 0 Å². The first kappa shape index (κ1) is 16.0. The summed E-state index contributed by atoms with van der Waals surface area (Å²) in [6.07, 6.45) is 0.986. The number of hydrogen-bond donors (Lipinski definition) is 1. The maximum absolute atomic E-state index is 6.23. The molecule has 0 heterocycles. The first-order valence-electron chi connectivity index (χ1n) is 7.31. The van der Waals surface area contributed by atoms with Crippen LogP contribution in [-0.2, 0) is 5.41 Å². The Morgan fingerprint density at radius 2 is 1.79 bits per heavy atom. The molecule has 0 bridgehead atoms. The summed E-state index contributed by atoms with van der Waals surface area (Å²) in [7, 11) is 0. The Kier molecular flexibility index (Phi) is 5.42. The molecule has 2 nitrogen and oxygen atoms in total. The van der Waals surface area contributed by atoms with Crippen LogP contribution in [0.5, 0.6) is 5.75 Å². The van der Waals surface area contributed by atoms with Gasteiger partial charge in [-0.1, -0.05) is 46.8 Å². The minimum absolute atomic E-state index is 0.146. The van der Waals surface area contributed by atoms with Crippen LogP contribution in [0.15, 0.2) is 24.3 Å². The van der Waals surface area contributed by atoms with E-state index in [1.165, 1.54) is 5.56 Å². The van der Waals surface area contributed by atoms with Gasteiger partial charge in [-0.15, -0.1) is 0 Å². The van der Waals surface area contributed by atoms with Crippen molar-refractivity contribution >= 4 is 0 Å². The molecule has 1 aromatic rings. The average Bonchev–Trinajstić information content (AvgIpc) is 2.36. The summed E-state index contributed by atoms with van der Waals surface area (Å²) >= 11 is 0. The van der Waals surface area contributed by atoms with Crippen molar-refractivity contribution in [2.24, 2.45) is 0 Å². The molecule has 0 amide bonds. The standard InChI is InChI=1S/C17H29NO/c1-7-17(6,13-18-8-2)19-15-11-9-10-14(12-15)16(3,4)5/h9-12,18H,7-8,13H2,1-6H3. The predicted molar refractivity (Wildman–Crippen MR) is 83.0 cm³/mol. The Bertz CT molecular complexity index is 394. The van der Waals surface area contributed by atoms with Crippen LogP contribution in [0.4, 0.5) is 0 Å². The second-order valence-corrected chi connectivity index (χ2v) is 6.46. The van der Waals surface area contributed by atoms with Crippen molar-refractivity contribution in [1.82, 2.24) is 5.32 Å². The highest BCUT2D eigenvalue weighted by Crippen LogP contribution is 2.28. The maximum Gasteiger partial charge on any atom is 0.120 e. The number of likely N-dealkylation sites (N-methyl/N-ethyl adjacent to an activating group) is 1. The highest BCUT2D eigenvalue weighted by atomic mass is 16.5. The van der Waals surface area contributed by atoms with Gasteiger partial charge >= 0.3 is 0 Å². The van der Waals surface area contributed by atoms with E-state index in [4.69, 9.17) is 4.74 Å². The van der Waals surface area contributed by atoms with Gasteiger partial charge in [0.25, 0.3) is 0 Å². The lowest BCUT2D eigenvalue weighted by molar-refractivity contribution is 0.0840. The Morgan fingerprint density at radius 1 is 1.11 bits per heavy atom. The lowest BCUT2D eigenvalue weighted by atomic mass is 9.87. The molecule has 1 aromatic carbocycles. The second kappa shape index (κ2) is 6.42. The molecule has 0 aliphatic heterocycles. The lowest BCUT2D eigenvalue weighted by Gasteiger charge is -2.30. The zero-order chi connectivity index (χ0) is 14.5. The molecule has 0 radical (unpaired) electrons. The van der Waals surface area contributed by atoms with Crippen molar-refractivity contribution in [3.63, 3.8) is 0 Å². The Morgan fingerprint density at radius 3 is 2.32 bits per heavy atom. The Hall–Kier alpha value is -1.02. The van der Waals surface area contributed by atoms with E-state index in [0.29, 0.717) is 0 Å². The number of rotatable bonds is 6. The van der Waals surface area contributed by atoms with E-state index in [1.54, 1.807) is 0 Å². The third-order valence-corrected chi connectivity index (χ3v) is 3.56. The van der Waals surface area contributed by atoms with Gasteiger partial charge in [0.05, 0.1) is 0 Å². The van der Waals surface area contributed by atoms with E-state index in [9.17, 15) is 0 Å². The van der Waals surface area contributed by atoms with Gasteiger partial charge in [-0.3, -0.25) is 0 Å². The summed E-state index contributed by atoms with van der Waals surface area (Å²) < 4.78 is 6.23. The first-order chi connectivity index (χ1) is 8.80. The lowest BCUT2D eigenvalue weighted by Crippen LogP contribution is -2.42. The SMILES string of the molecule is CCNCC(C)(CC)Oc1cccc(C(C)(C)C)c1. The van der Waals surface area contributed by atoms with E-state index in [0.717, 1.165) is 25.3 Å². The molecular formula is C17H29NO. The second-order valence-electron chi connectivity index (χ2n) is 6.46. The van der Waals surface area contributed by atoms with Crippen molar-refractivity contribution < 1.29 is 4.74 Å². The van der Waals surface area contributed by atoms with Gasteiger partial charge in [0.1, 0.15) is 11.4 Å². The fourth-order valence-corrected chi connectivity index (χ4v) is 1.93. The zero-order valence-electron chi connectivity index (χ0n) is 13.3. The van der Waals surface area contributed by atoms with Gasteiger partial charge in [-0.2, -0.15) is 0 Å². The summed E-state index contributed by atoms with van der Waals surface area (Å²) in [5.41, 5.74) is 1.32. The minimum atomic E-state index is -0.146. The fraction of sp³-hybridized carbons (Fsp3) is 0.647. The van der Waals surface area contributed by atoms with Gasteiger partial charge in [0.15, 0.2) is 0 Å². The van der Waals surface area contributed by atoms with Gasteiger partial charge in [0.2, 0.25) is 0 Å². The van der Waals surface area contributed by atoms with Crippen molar-refractivity contribution in [1.29, 1.82) is 0 Å². The van der Waals surface area contributed by atoms with Crippen LogP contribution in [0, 0.1) is 0 Å². The average molecular weight is 263 g/mol. The highest BCUT2D eigenvalue weighted by molar-refractivity contribution is 5.33. The Labute approximate surface area is 118 Å². The molecule has 0 spiro atoms. The molecule has 0 saturated carbocycles.